The average Bonchev–Trinajstić information content (AvgIpc) is 3.20. The number of hydrogen-bond donors (Lipinski definition) is 0. The predicted molar refractivity (Wildman–Crippen MR) is 104 cm³/mol. The maximum atomic E-state index is 11.4. The lowest BCUT2D eigenvalue weighted by molar-refractivity contribution is 0.0471. The minimum atomic E-state index is -0.393. The summed E-state index contributed by atoms with van der Waals surface area (Å²) in [6.07, 6.45) is 0.367. The third-order valence-electron chi connectivity index (χ3n) is 4.48. The predicted octanol–water partition coefficient (Wildman–Crippen LogP) is 3.38. The molecule has 0 fully saturated rings. The van der Waals surface area contributed by atoms with Gasteiger partial charge in [-0.25, -0.2) is 4.79 Å². The Hall–Kier alpha value is -3.48. The van der Waals surface area contributed by atoms with Crippen molar-refractivity contribution < 1.29 is 23.5 Å². The second-order valence-electron chi connectivity index (χ2n) is 6.30. The molecule has 2 aromatic carbocycles. The van der Waals surface area contributed by atoms with E-state index in [0.717, 1.165) is 16.7 Å². The lowest BCUT2D eigenvalue weighted by atomic mass is 10.0. The van der Waals surface area contributed by atoms with E-state index in [9.17, 15) is 4.79 Å². The molecule has 0 aliphatic carbocycles. The SMILES string of the molecule is COc1ccc(C2=NOC(COc3ccc4ccc(=O)oc4c3)C2)c(OC)c1. The molecule has 0 N–H and O–H groups in total. The molecule has 28 heavy (non-hydrogen) atoms. The molecule has 0 radical (unpaired) electrons. The van der Waals surface area contributed by atoms with Crippen molar-refractivity contribution in [2.45, 2.75) is 12.5 Å². The van der Waals surface area contributed by atoms with Crippen molar-refractivity contribution in [2.75, 3.05) is 20.8 Å². The summed E-state index contributed by atoms with van der Waals surface area (Å²) in [5.41, 5.74) is 1.74. The molecule has 0 amide bonds. The number of fused-ring (bicyclic) bond motifs is 1. The summed E-state index contributed by atoms with van der Waals surface area (Å²) in [7, 11) is 3.21. The van der Waals surface area contributed by atoms with Gasteiger partial charge in [0.25, 0.3) is 0 Å². The molecule has 144 valence electrons. The third kappa shape index (κ3) is 3.64. The molecule has 7 heteroatoms. The van der Waals surface area contributed by atoms with Crippen LogP contribution in [0.5, 0.6) is 17.2 Å². The summed E-state index contributed by atoms with van der Waals surface area (Å²) in [6.45, 7) is 0.314. The zero-order valence-corrected chi connectivity index (χ0v) is 15.5. The molecule has 1 aliphatic heterocycles. The van der Waals surface area contributed by atoms with Gasteiger partial charge in [0.05, 0.1) is 19.9 Å². The van der Waals surface area contributed by atoms with Crippen molar-refractivity contribution in [2.24, 2.45) is 5.16 Å². The molecule has 1 aliphatic rings. The molecule has 4 rings (SSSR count). The molecule has 3 aromatic rings. The highest BCUT2D eigenvalue weighted by molar-refractivity contribution is 6.03. The lowest BCUT2D eigenvalue weighted by Gasteiger charge is -2.11. The number of oxime groups is 1. The molecular formula is C21H19NO6. The standard InChI is InChI=1S/C21H19NO6/c1-24-14-6-7-17(20(10-14)25-2)18-9-16(28-22-18)12-26-15-5-3-13-4-8-21(23)27-19(13)11-15/h3-8,10-11,16H,9,12H2,1-2H3. The van der Waals surface area contributed by atoms with Gasteiger partial charge in [-0.1, -0.05) is 5.16 Å². The van der Waals surface area contributed by atoms with E-state index in [4.69, 9.17) is 23.5 Å². The average molecular weight is 381 g/mol. The van der Waals surface area contributed by atoms with Crippen LogP contribution in [0.25, 0.3) is 11.0 Å². The molecule has 1 atom stereocenters. The number of methoxy groups -OCH3 is 2. The van der Waals surface area contributed by atoms with Gasteiger partial charge in [0, 0.05) is 35.6 Å². The van der Waals surface area contributed by atoms with Crippen LogP contribution in [0.15, 0.2) is 62.9 Å². The molecule has 0 bridgehead atoms. The van der Waals surface area contributed by atoms with Gasteiger partial charge in [0.15, 0.2) is 6.10 Å². The second-order valence-corrected chi connectivity index (χ2v) is 6.30. The minimum absolute atomic E-state index is 0.222. The van der Waals surface area contributed by atoms with E-state index in [1.807, 2.05) is 30.3 Å². The summed E-state index contributed by atoms with van der Waals surface area (Å²) >= 11 is 0. The van der Waals surface area contributed by atoms with Crippen LogP contribution < -0.4 is 19.8 Å². The fourth-order valence-corrected chi connectivity index (χ4v) is 3.03. The quantitative estimate of drug-likeness (QED) is 0.609. The van der Waals surface area contributed by atoms with Crippen molar-refractivity contribution in [3.8, 4) is 17.2 Å². The number of nitrogens with zero attached hydrogens (tertiary/aromatic N) is 1. The highest BCUT2D eigenvalue weighted by atomic mass is 16.7. The molecule has 0 saturated carbocycles. The molecule has 1 unspecified atom stereocenters. The smallest absolute Gasteiger partial charge is 0.336 e. The van der Waals surface area contributed by atoms with Gasteiger partial charge in [-0.3, -0.25) is 0 Å². The summed E-state index contributed by atoms with van der Waals surface area (Å²) in [5.74, 6) is 1.98. The fraction of sp³-hybridized carbons (Fsp3) is 0.238. The van der Waals surface area contributed by atoms with Crippen molar-refractivity contribution in [1.82, 2.24) is 0 Å². The van der Waals surface area contributed by atoms with Crippen molar-refractivity contribution in [3.05, 3.63) is 64.5 Å². The molecule has 0 saturated heterocycles. The van der Waals surface area contributed by atoms with Gasteiger partial charge in [0.2, 0.25) is 0 Å². The summed E-state index contributed by atoms with van der Waals surface area (Å²) in [6, 6.07) is 14.0. The number of rotatable bonds is 6. The Morgan fingerprint density at radius 1 is 1.04 bits per heavy atom. The van der Waals surface area contributed by atoms with Crippen LogP contribution in [-0.4, -0.2) is 32.6 Å². The van der Waals surface area contributed by atoms with Crippen LogP contribution in [0.1, 0.15) is 12.0 Å². The third-order valence-corrected chi connectivity index (χ3v) is 4.48. The molecule has 7 nitrogen and oxygen atoms in total. The van der Waals surface area contributed by atoms with Crippen molar-refractivity contribution in [1.29, 1.82) is 0 Å². The zero-order valence-electron chi connectivity index (χ0n) is 15.5. The second kappa shape index (κ2) is 7.64. The van der Waals surface area contributed by atoms with Gasteiger partial charge in [-0.15, -0.1) is 0 Å². The van der Waals surface area contributed by atoms with E-state index < -0.39 is 5.63 Å². The van der Waals surface area contributed by atoms with E-state index in [1.165, 1.54) is 6.07 Å². The first-order chi connectivity index (χ1) is 13.7. The number of benzene rings is 2. The van der Waals surface area contributed by atoms with Gasteiger partial charge in [0.1, 0.15) is 29.4 Å². The van der Waals surface area contributed by atoms with Gasteiger partial charge < -0.3 is 23.5 Å². The zero-order chi connectivity index (χ0) is 19.5. The topological polar surface area (TPSA) is 79.5 Å². The van der Waals surface area contributed by atoms with E-state index >= 15 is 0 Å². The van der Waals surface area contributed by atoms with Gasteiger partial charge >= 0.3 is 5.63 Å². The first-order valence-electron chi connectivity index (χ1n) is 8.78. The number of ether oxygens (including phenoxy) is 3. The van der Waals surface area contributed by atoms with Crippen LogP contribution in [0, 0.1) is 0 Å². The number of hydrogen-bond acceptors (Lipinski definition) is 7. The molecule has 0 spiro atoms. The molecule has 2 heterocycles. The van der Waals surface area contributed by atoms with Crippen molar-refractivity contribution in [3.63, 3.8) is 0 Å². The molecular weight excluding hydrogens is 362 g/mol. The normalized spacial score (nSPS) is 15.8. The Balaban J connectivity index is 1.42. The van der Waals surface area contributed by atoms with E-state index in [1.54, 1.807) is 26.4 Å². The van der Waals surface area contributed by atoms with E-state index in [2.05, 4.69) is 5.16 Å². The minimum Gasteiger partial charge on any atom is -0.497 e. The Kier molecular flexibility index (Phi) is 4.89. The Morgan fingerprint density at radius 2 is 1.86 bits per heavy atom. The molecule has 1 aromatic heterocycles. The maximum Gasteiger partial charge on any atom is 0.336 e. The highest BCUT2D eigenvalue weighted by Crippen LogP contribution is 2.29. The first kappa shape index (κ1) is 17.9. The maximum absolute atomic E-state index is 11.4. The summed E-state index contributed by atoms with van der Waals surface area (Å²) in [4.78, 5) is 16.9. The highest BCUT2D eigenvalue weighted by Gasteiger charge is 2.25. The van der Waals surface area contributed by atoms with Gasteiger partial charge in [-0.05, 0) is 30.3 Å². The Morgan fingerprint density at radius 3 is 2.68 bits per heavy atom. The Bertz CT molecular complexity index is 1090. The van der Waals surface area contributed by atoms with Crippen LogP contribution in [-0.2, 0) is 4.84 Å². The van der Waals surface area contributed by atoms with Crippen LogP contribution >= 0.6 is 0 Å². The summed E-state index contributed by atoms with van der Waals surface area (Å²) in [5, 5.41) is 5.02. The van der Waals surface area contributed by atoms with Gasteiger partial charge in [-0.2, -0.15) is 0 Å². The fourth-order valence-electron chi connectivity index (χ4n) is 3.03. The summed E-state index contributed by atoms with van der Waals surface area (Å²) < 4.78 is 21.6. The van der Waals surface area contributed by atoms with Crippen LogP contribution in [0.3, 0.4) is 0 Å². The Labute approximate surface area is 161 Å². The monoisotopic (exact) mass is 381 g/mol. The van der Waals surface area contributed by atoms with E-state index in [-0.39, 0.29) is 6.10 Å². The van der Waals surface area contributed by atoms with Crippen LogP contribution in [0.4, 0.5) is 0 Å². The van der Waals surface area contributed by atoms with Crippen LogP contribution in [0.2, 0.25) is 0 Å². The van der Waals surface area contributed by atoms with E-state index in [0.29, 0.717) is 35.9 Å². The van der Waals surface area contributed by atoms with Crippen molar-refractivity contribution >= 4 is 16.7 Å². The lowest BCUT2D eigenvalue weighted by Crippen LogP contribution is -2.18. The largest absolute Gasteiger partial charge is 0.497 e. The first-order valence-corrected chi connectivity index (χ1v) is 8.78.